The van der Waals surface area contributed by atoms with E-state index in [0.29, 0.717) is 5.92 Å². The molecule has 0 amide bonds. The van der Waals surface area contributed by atoms with Crippen molar-refractivity contribution in [2.24, 2.45) is 10.9 Å². The lowest BCUT2D eigenvalue weighted by atomic mass is 9.83. The molecule has 8 rings (SSSR count). The van der Waals surface area contributed by atoms with Gasteiger partial charge in [-0.05, 0) is 60.7 Å². The van der Waals surface area contributed by atoms with Crippen LogP contribution < -0.4 is 0 Å². The van der Waals surface area contributed by atoms with Crippen molar-refractivity contribution in [3.05, 3.63) is 133 Å². The summed E-state index contributed by atoms with van der Waals surface area (Å²) in [7, 11) is 0. The minimum Gasteiger partial charge on any atom is -0.306 e. The summed E-state index contributed by atoms with van der Waals surface area (Å²) in [5, 5.41) is 1.12. The van der Waals surface area contributed by atoms with E-state index in [4.69, 9.17) is 15.0 Å². The van der Waals surface area contributed by atoms with Crippen LogP contribution in [0.15, 0.2) is 133 Å². The Hall–Kier alpha value is -5.09. The molecular weight excluding hydrogens is 500 g/mol. The van der Waals surface area contributed by atoms with Gasteiger partial charge < -0.3 is 4.40 Å². The summed E-state index contributed by atoms with van der Waals surface area (Å²) < 4.78 is 2.09. The molecule has 196 valence electrons. The van der Waals surface area contributed by atoms with Gasteiger partial charge in [-0.2, -0.15) is 0 Å². The first-order chi connectivity index (χ1) is 20.3. The largest absolute Gasteiger partial charge is 0.306 e. The second kappa shape index (κ2) is 9.83. The van der Waals surface area contributed by atoms with Crippen molar-refractivity contribution >= 4 is 27.9 Å². The Bertz CT molecular complexity index is 2030. The number of aromatic nitrogens is 3. The summed E-state index contributed by atoms with van der Waals surface area (Å²) in [5.74, 6) is 0.398. The number of hydrogen-bond donors (Lipinski definition) is 0. The Kier molecular flexibility index (Phi) is 5.70. The van der Waals surface area contributed by atoms with Crippen molar-refractivity contribution < 1.29 is 0 Å². The molecule has 2 aliphatic rings. The highest BCUT2D eigenvalue weighted by atomic mass is 15.0. The van der Waals surface area contributed by atoms with Crippen molar-refractivity contribution in [1.82, 2.24) is 14.4 Å². The summed E-state index contributed by atoms with van der Waals surface area (Å²) in [5.41, 5.74) is 12.0. The molecule has 1 atom stereocenters. The highest BCUT2D eigenvalue weighted by molar-refractivity contribution is 6.06. The second-order valence-corrected chi connectivity index (χ2v) is 10.9. The number of pyridine rings is 2. The van der Waals surface area contributed by atoms with Crippen LogP contribution in [0.5, 0.6) is 0 Å². The van der Waals surface area contributed by atoms with Gasteiger partial charge in [0, 0.05) is 46.1 Å². The Balaban J connectivity index is 1.24. The van der Waals surface area contributed by atoms with Crippen LogP contribution in [0.2, 0.25) is 0 Å². The SMILES string of the molecule is C1=CCCC2Cc3c(-c4cccc(-c5ccn6cc(-c7ccccc7)nc6c5)c4)nc4ccccc4c3N=C2C=C1. The molecule has 0 bridgehead atoms. The minimum absolute atomic E-state index is 0.398. The smallest absolute Gasteiger partial charge is 0.138 e. The van der Waals surface area contributed by atoms with E-state index in [0.717, 1.165) is 75.1 Å². The molecule has 0 N–H and O–H groups in total. The van der Waals surface area contributed by atoms with Crippen LogP contribution in [0.1, 0.15) is 18.4 Å². The van der Waals surface area contributed by atoms with Gasteiger partial charge in [0.1, 0.15) is 5.65 Å². The number of fused-ring (bicyclic) bond motifs is 5. The predicted octanol–water partition coefficient (Wildman–Crippen LogP) is 9.03. The van der Waals surface area contributed by atoms with E-state index in [1.165, 1.54) is 11.3 Å². The Morgan fingerprint density at radius 2 is 1.56 bits per heavy atom. The van der Waals surface area contributed by atoms with Gasteiger partial charge in [-0.3, -0.25) is 4.99 Å². The maximum atomic E-state index is 5.27. The topological polar surface area (TPSA) is 42.5 Å². The summed E-state index contributed by atoms with van der Waals surface area (Å²) in [6, 6.07) is 31.8. The average molecular weight is 529 g/mol. The fourth-order valence-electron chi connectivity index (χ4n) is 6.17. The third-order valence-electron chi connectivity index (χ3n) is 8.27. The number of allylic oxidation sites excluding steroid dienone is 4. The average Bonchev–Trinajstić information content (AvgIpc) is 3.45. The van der Waals surface area contributed by atoms with Gasteiger partial charge >= 0.3 is 0 Å². The van der Waals surface area contributed by atoms with Crippen LogP contribution in [0.4, 0.5) is 5.69 Å². The summed E-state index contributed by atoms with van der Waals surface area (Å²) in [6.07, 6.45) is 16.0. The fourth-order valence-corrected chi connectivity index (χ4v) is 6.17. The summed E-state index contributed by atoms with van der Waals surface area (Å²) >= 11 is 0. The van der Waals surface area contributed by atoms with Gasteiger partial charge in [0.2, 0.25) is 0 Å². The third-order valence-corrected chi connectivity index (χ3v) is 8.27. The van der Waals surface area contributed by atoms with Crippen molar-refractivity contribution in [2.45, 2.75) is 19.3 Å². The van der Waals surface area contributed by atoms with Gasteiger partial charge in [0.05, 0.1) is 22.6 Å². The van der Waals surface area contributed by atoms with Crippen molar-refractivity contribution in [3.63, 3.8) is 0 Å². The first-order valence-corrected chi connectivity index (χ1v) is 14.3. The fraction of sp³-hybridized carbons (Fsp3) is 0.108. The van der Waals surface area contributed by atoms with Gasteiger partial charge in [-0.15, -0.1) is 0 Å². The molecule has 4 nitrogen and oxygen atoms in total. The lowest BCUT2D eigenvalue weighted by Crippen LogP contribution is -2.20. The number of nitrogens with zero attached hydrogens (tertiary/aromatic N) is 4. The lowest BCUT2D eigenvalue weighted by Gasteiger charge is -2.26. The Labute approximate surface area is 239 Å². The number of aliphatic imine (C=N–C) groups is 1. The Morgan fingerprint density at radius 3 is 2.51 bits per heavy atom. The molecule has 0 spiro atoms. The Morgan fingerprint density at radius 1 is 0.732 bits per heavy atom. The molecule has 0 saturated heterocycles. The molecule has 0 radical (unpaired) electrons. The van der Waals surface area contributed by atoms with Crippen molar-refractivity contribution in [1.29, 1.82) is 0 Å². The second-order valence-electron chi connectivity index (χ2n) is 10.9. The molecule has 0 saturated carbocycles. The number of benzene rings is 3. The van der Waals surface area contributed by atoms with Gasteiger partial charge in [-0.1, -0.05) is 85.0 Å². The molecule has 41 heavy (non-hydrogen) atoms. The number of para-hydroxylation sites is 1. The van der Waals surface area contributed by atoms with Crippen LogP contribution in [0.3, 0.4) is 0 Å². The predicted molar refractivity (Wildman–Crippen MR) is 169 cm³/mol. The monoisotopic (exact) mass is 528 g/mol. The highest BCUT2D eigenvalue weighted by Gasteiger charge is 2.27. The van der Waals surface area contributed by atoms with Crippen molar-refractivity contribution in [3.8, 4) is 33.6 Å². The first-order valence-electron chi connectivity index (χ1n) is 14.3. The summed E-state index contributed by atoms with van der Waals surface area (Å²) in [4.78, 5) is 15.4. The van der Waals surface area contributed by atoms with Gasteiger partial charge in [0.15, 0.2) is 0 Å². The van der Waals surface area contributed by atoms with Crippen molar-refractivity contribution in [2.75, 3.05) is 0 Å². The maximum absolute atomic E-state index is 5.27. The molecule has 4 heterocycles. The standard InChI is InChI=1S/C37H28N4/c1-2-7-17-32-28(13-4-1)22-31-36(40-33-18-9-8-16-30(33)37(31)39-32)29-15-10-14-26(21-29)27-19-20-41-24-34(38-35(41)23-27)25-11-5-3-6-12-25/h1-3,5-12,14-21,23-24,28H,4,13,22H2. The molecule has 3 aromatic heterocycles. The zero-order valence-corrected chi connectivity index (χ0v) is 22.6. The van der Waals surface area contributed by atoms with Crippen LogP contribution in [-0.4, -0.2) is 20.1 Å². The molecular formula is C37H28N4. The zero-order chi connectivity index (χ0) is 27.2. The number of hydrogen-bond acceptors (Lipinski definition) is 3. The quantitative estimate of drug-likeness (QED) is 0.230. The maximum Gasteiger partial charge on any atom is 0.138 e. The number of imidazole rings is 1. The van der Waals surface area contributed by atoms with E-state index < -0.39 is 0 Å². The van der Waals surface area contributed by atoms with Crippen LogP contribution in [0, 0.1) is 5.92 Å². The van der Waals surface area contributed by atoms with Gasteiger partial charge in [0.25, 0.3) is 0 Å². The molecule has 4 heteroatoms. The minimum atomic E-state index is 0.398. The molecule has 1 aliphatic heterocycles. The van der Waals surface area contributed by atoms with Crippen LogP contribution in [0.25, 0.3) is 50.2 Å². The van der Waals surface area contributed by atoms with E-state index in [9.17, 15) is 0 Å². The highest BCUT2D eigenvalue weighted by Crippen LogP contribution is 2.42. The first kappa shape index (κ1) is 23.8. The normalized spacial score (nSPS) is 16.2. The van der Waals surface area contributed by atoms with E-state index >= 15 is 0 Å². The third kappa shape index (κ3) is 4.29. The summed E-state index contributed by atoms with van der Waals surface area (Å²) in [6.45, 7) is 0. The molecule has 1 aliphatic carbocycles. The number of rotatable bonds is 3. The van der Waals surface area contributed by atoms with E-state index in [2.05, 4.69) is 114 Å². The zero-order valence-electron chi connectivity index (χ0n) is 22.6. The molecule has 6 aromatic rings. The van der Waals surface area contributed by atoms with Gasteiger partial charge in [-0.25, -0.2) is 9.97 Å². The van der Waals surface area contributed by atoms with Crippen LogP contribution in [-0.2, 0) is 6.42 Å². The molecule has 0 fully saturated rings. The van der Waals surface area contributed by atoms with E-state index in [-0.39, 0.29) is 0 Å². The lowest BCUT2D eigenvalue weighted by molar-refractivity contribution is 0.624. The van der Waals surface area contributed by atoms with E-state index in [1.54, 1.807) is 0 Å². The molecule has 3 aromatic carbocycles. The molecule has 1 unspecified atom stereocenters. The van der Waals surface area contributed by atoms with Crippen LogP contribution >= 0.6 is 0 Å². The van der Waals surface area contributed by atoms with E-state index in [1.807, 2.05) is 18.2 Å².